The lowest BCUT2D eigenvalue weighted by molar-refractivity contribution is 0.164. The van der Waals surface area contributed by atoms with E-state index in [1.54, 1.807) is 56.7 Å². The van der Waals surface area contributed by atoms with Gasteiger partial charge in [0.15, 0.2) is 0 Å². The first-order chi connectivity index (χ1) is 13.0. The lowest BCUT2D eigenvalue weighted by Crippen LogP contribution is -2.03. The molecular formula is C22H26O5. The SMILES string of the molecule is COCC(=C=CC[C@@H](O)c1ccccc1O)C[C@@H](O)c1ccc(OC)cc1. The average Bonchev–Trinajstić information content (AvgIpc) is 2.68. The lowest BCUT2D eigenvalue weighted by Gasteiger charge is -2.13. The third-order valence-corrected chi connectivity index (χ3v) is 4.20. The van der Waals surface area contributed by atoms with E-state index in [0.29, 0.717) is 25.0 Å². The summed E-state index contributed by atoms with van der Waals surface area (Å²) in [4.78, 5) is 0. The van der Waals surface area contributed by atoms with E-state index in [1.165, 1.54) is 0 Å². The van der Waals surface area contributed by atoms with E-state index in [4.69, 9.17) is 9.47 Å². The van der Waals surface area contributed by atoms with E-state index in [1.807, 2.05) is 12.1 Å². The Labute approximate surface area is 159 Å². The first kappa shape index (κ1) is 20.7. The Balaban J connectivity index is 2.05. The Morgan fingerprint density at radius 2 is 1.74 bits per heavy atom. The number of para-hydroxylation sites is 1. The number of aliphatic hydroxyl groups excluding tert-OH is 2. The van der Waals surface area contributed by atoms with E-state index in [0.717, 1.165) is 16.9 Å². The second kappa shape index (κ2) is 10.6. The summed E-state index contributed by atoms with van der Waals surface area (Å²) in [5.74, 6) is 0.797. The normalized spacial score (nSPS) is 12.7. The van der Waals surface area contributed by atoms with Crippen molar-refractivity contribution in [3.05, 3.63) is 77.0 Å². The predicted molar refractivity (Wildman–Crippen MR) is 104 cm³/mol. The molecule has 0 saturated carbocycles. The van der Waals surface area contributed by atoms with Crippen LogP contribution in [0.3, 0.4) is 0 Å². The minimum atomic E-state index is -0.825. The predicted octanol–water partition coefficient (Wildman–Crippen LogP) is 3.68. The number of hydrogen-bond acceptors (Lipinski definition) is 5. The molecule has 2 aromatic carbocycles. The molecule has 0 bridgehead atoms. The summed E-state index contributed by atoms with van der Waals surface area (Å²) >= 11 is 0. The van der Waals surface area contributed by atoms with Gasteiger partial charge in [-0.15, -0.1) is 5.73 Å². The largest absolute Gasteiger partial charge is 0.508 e. The van der Waals surface area contributed by atoms with Crippen molar-refractivity contribution < 1.29 is 24.8 Å². The molecule has 2 rings (SSSR count). The van der Waals surface area contributed by atoms with Crippen LogP contribution in [0.5, 0.6) is 11.5 Å². The van der Waals surface area contributed by atoms with Crippen molar-refractivity contribution in [2.75, 3.05) is 20.8 Å². The van der Waals surface area contributed by atoms with E-state index >= 15 is 0 Å². The zero-order valence-electron chi connectivity index (χ0n) is 15.6. The van der Waals surface area contributed by atoms with Crippen molar-refractivity contribution in [1.29, 1.82) is 0 Å². The molecule has 0 saturated heterocycles. The van der Waals surface area contributed by atoms with Crippen molar-refractivity contribution >= 4 is 0 Å². The highest BCUT2D eigenvalue weighted by Gasteiger charge is 2.12. The molecule has 0 heterocycles. The summed E-state index contributed by atoms with van der Waals surface area (Å²) in [6, 6.07) is 13.9. The van der Waals surface area contributed by atoms with Crippen LogP contribution in [-0.2, 0) is 4.74 Å². The Morgan fingerprint density at radius 1 is 1.04 bits per heavy atom. The molecule has 5 heteroatoms. The van der Waals surface area contributed by atoms with Gasteiger partial charge in [0.25, 0.3) is 0 Å². The molecule has 3 N–H and O–H groups in total. The van der Waals surface area contributed by atoms with Crippen LogP contribution >= 0.6 is 0 Å². The minimum absolute atomic E-state index is 0.0643. The van der Waals surface area contributed by atoms with Crippen molar-refractivity contribution in [2.45, 2.75) is 25.0 Å². The number of phenols is 1. The van der Waals surface area contributed by atoms with Crippen LogP contribution in [0, 0.1) is 0 Å². The fourth-order valence-corrected chi connectivity index (χ4v) is 2.72. The van der Waals surface area contributed by atoms with Crippen LogP contribution in [0.25, 0.3) is 0 Å². The summed E-state index contributed by atoms with van der Waals surface area (Å²) in [5, 5.41) is 30.5. The number of aromatic hydroxyl groups is 1. The highest BCUT2D eigenvalue weighted by Crippen LogP contribution is 2.26. The minimum Gasteiger partial charge on any atom is -0.508 e. The van der Waals surface area contributed by atoms with Gasteiger partial charge in [-0.1, -0.05) is 30.3 Å². The van der Waals surface area contributed by atoms with E-state index in [2.05, 4.69) is 5.73 Å². The Morgan fingerprint density at radius 3 is 2.37 bits per heavy atom. The Hall–Kier alpha value is -2.56. The highest BCUT2D eigenvalue weighted by atomic mass is 16.5. The quantitative estimate of drug-likeness (QED) is 0.587. The molecule has 0 aliphatic rings. The number of ether oxygens (including phenoxy) is 2. The van der Waals surface area contributed by atoms with Crippen LogP contribution in [0.4, 0.5) is 0 Å². The van der Waals surface area contributed by atoms with Gasteiger partial charge in [0, 0.05) is 25.5 Å². The molecule has 0 aliphatic heterocycles. The molecule has 5 nitrogen and oxygen atoms in total. The summed E-state index contributed by atoms with van der Waals surface area (Å²) in [5.41, 5.74) is 5.14. The van der Waals surface area contributed by atoms with Crippen molar-refractivity contribution in [1.82, 2.24) is 0 Å². The van der Waals surface area contributed by atoms with Crippen LogP contribution in [0.15, 0.2) is 65.9 Å². The van der Waals surface area contributed by atoms with E-state index < -0.39 is 12.2 Å². The molecule has 0 aromatic heterocycles. The molecule has 0 amide bonds. The van der Waals surface area contributed by atoms with E-state index in [9.17, 15) is 15.3 Å². The second-order valence-corrected chi connectivity index (χ2v) is 6.19. The molecule has 2 aromatic rings. The maximum absolute atomic E-state index is 10.5. The first-order valence-corrected chi connectivity index (χ1v) is 8.75. The van der Waals surface area contributed by atoms with Gasteiger partial charge in [0.05, 0.1) is 25.9 Å². The van der Waals surface area contributed by atoms with Crippen LogP contribution in [0.1, 0.15) is 36.2 Å². The number of hydrogen-bond donors (Lipinski definition) is 3. The fourth-order valence-electron chi connectivity index (χ4n) is 2.72. The smallest absolute Gasteiger partial charge is 0.121 e. The monoisotopic (exact) mass is 370 g/mol. The van der Waals surface area contributed by atoms with Crippen LogP contribution < -0.4 is 4.74 Å². The summed E-state index contributed by atoms with van der Waals surface area (Å²) < 4.78 is 10.3. The summed E-state index contributed by atoms with van der Waals surface area (Å²) in [6.07, 6.45) is 0.845. The van der Waals surface area contributed by atoms with Crippen LogP contribution in [-0.4, -0.2) is 36.1 Å². The number of methoxy groups -OCH3 is 2. The second-order valence-electron chi connectivity index (χ2n) is 6.19. The molecule has 27 heavy (non-hydrogen) atoms. The van der Waals surface area contributed by atoms with Gasteiger partial charge in [-0.05, 0) is 35.4 Å². The van der Waals surface area contributed by atoms with Gasteiger partial charge in [-0.2, -0.15) is 0 Å². The Kier molecular flexibility index (Phi) is 8.11. The molecule has 0 fully saturated rings. The maximum atomic E-state index is 10.5. The zero-order chi connectivity index (χ0) is 19.6. The van der Waals surface area contributed by atoms with Gasteiger partial charge in [-0.25, -0.2) is 0 Å². The van der Waals surface area contributed by atoms with Gasteiger partial charge in [0.2, 0.25) is 0 Å². The average molecular weight is 370 g/mol. The third kappa shape index (κ3) is 6.27. The highest BCUT2D eigenvalue weighted by molar-refractivity contribution is 5.34. The van der Waals surface area contributed by atoms with E-state index in [-0.39, 0.29) is 5.75 Å². The van der Waals surface area contributed by atoms with Crippen LogP contribution in [0.2, 0.25) is 0 Å². The fraction of sp³-hybridized carbons (Fsp3) is 0.318. The molecule has 0 unspecified atom stereocenters. The molecular weight excluding hydrogens is 344 g/mol. The number of aliphatic hydroxyl groups is 2. The maximum Gasteiger partial charge on any atom is 0.121 e. The van der Waals surface area contributed by atoms with Gasteiger partial charge in [0.1, 0.15) is 11.5 Å². The Bertz CT molecular complexity index is 776. The van der Waals surface area contributed by atoms with Gasteiger partial charge in [-0.3, -0.25) is 0 Å². The van der Waals surface area contributed by atoms with Crippen molar-refractivity contribution in [3.63, 3.8) is 0 Å². The summed E-state index contributed by atoms with van der Waals surface area (Å²) in [7, 11) is 3.18. The molecule has 144 valence electrons. The number of rotatable bonds is 9. The van der Waals surface area contributed by atoms with Crippen molar-refractivity contribution in [2.24, 2.45) is 0 Å². The lowest BCUT2D eigenvalue weighted by atomic mass is 10.0. The van der Waals surface area contributed by atoms with Gasteiger partial charge < -0.3 is 24.8 Å². The number of phenolic OH excluding ortho intramolecular Hbond substituents is 1. The van der Waals surface area contributed by atoms with Crippen molar-refractivity contribution in [3.8, 4) is 11.5 Å². The standard InChI is InChI=1S/C22H26O5/c1-26-15-16(14-22(25)17-10-12-18(27-2)13-11-17)6-5-9-21(24)19-7-3-4-8-20(19)23/h3-5,7-8,10-13,21-25H,9,14-15H2,1-2H3/t6?,21-,22-/m1/s1. The molecule has 0 aliphatic carbocycles. The molecule has 0 radical (unpaired) electrons. The molecule has 2 atom stereocenters. The topological polar surface area (TPSA) is 79.2 Å². The number of benzene rings is 2. The first-order valence-electron chi connectivity index (χ1n) is 8.75. The molecule has 0 spiro atoms. The third-order valence-electron chi connectivity index (χ3n) is 4.20. The summed E-state index contributed by atoms with van der Waals surface area (Å²) in [6.45, 7) is 0.330. The zero-order valence-corrected chi connectivity index (χ0v) is 15.6. The van der Waals surface area contributed by atoms with Gasteiger partial charge >= 0.3 is 0 Å².